The van der Waals surface area contributed by atoms with Gasteiger partial charge < -0.3 is 10.1 Å². The van der Waals surface area contributed by atoms with Crippen LogP contribution in [0.25, 0.3) is 0 Å². The Kier molecular flexibility index (Phi) is 4.88. The number of rotatable bonds is 3. The lowest BCUT2D eigenvalue weighted by molar-refractivity contribution is -0.151. The number of nitrogens with one attached hydrogen (secondary N) is 1. The molecule has 3 heteroatoms. The molecule has 19 heavy (non-hydrogen) atoms. The largest absolute Gasteiger partial charge is 0.466 e. The van der Waals surface area contributed by atoms with Gasteiger partial charge in [-0.2, -0.15) is 0 Å². The highest BCUT2D eigenvalue weighted by Crippen LogP contribution is 2.46. The van der Waals surface area contributed by atoms with E-state index in [4.69, 9.17) is 4.74 Å². The van der Waals surface area contributed by atoms with Gasteiger partial charge in [0.1, 0.15) is 0 Å². The molecule has 3 nitrogen and oxygen atoms in total. The summed E-state index contributed by atoms with van der Waals surface area (Å²) in [5, 5.41) is 3.44. The van der Waals surface area contributed by atoms with Crippen molar-refractivity contribution < 1.29 is 9.53 Å². The molecular formula is C16H29NO2. The summed E-state index contributed by atoms with van der Waals surface area (Å²) in [7, 11) is 0. The summed E-state index contributed by atoms with van der Waals surface area (Å²) in [4.78, 5) is 12.2. The number of carbonyl (C=O) groups is 1. The van der Waals surface area contributed by atoms with Gasteiger partial charge in [0.05, 0.1) is 12.5 Å². The van der Waals surface area contributed by atoms with E-state index in [1.807, 2.05) is 6.92 Å². The second kappa shape index (κ2) is 6.25. The van der Waals surface area contributed by atoms with Crippen LogP contribution < -0.4 is 5.32 Å². The van der Waals surface area contributed by atoms with Crippen molar-refractivity contribution in [1.29, 1.82) is 0 Å². The molecule has 2 rings (SSSR count). The summed E-state index contributed by atoms with van der Waals surface area (Å²) in [5.74, 6) is 1.71. The molecule has 0 radical (unpaired) electrons. The van der Waals surface area contributed by atoms with Crippen molar-refractivity contribution in [3.8, 4) is 0 Å². The average molecular weight is 267 g/mol. The fraction of sp³-hybridized carbons (Fsp3) is 0.938. The van der Waals surface area contributed by atoms with Crippen LogP contribution in [0.3, 0.4) is 0 Å². The van der Waals surface area contributed by atoms with Gasteiger partial charge in [-0.05, 0) is 43.4 Å². The third-order valence-corrected chi connectivity index (χ3v) is 5.34. The molecule has 0 amide bonds. The Hall–Kier alpha value is -0.570. The predicted molar refractivity (Wildman–Crippen MR) is 76.8 cm³/mol. The van der Waals surface area contributed by atoms with Gasteiger partial charge in [-0.3, -0.25) is 4.79 Å². The van der Waals surface area contributed by atoms with Gasteiger partial charge in [-0.15, -0.1) is 0 Å². The van der Waals surface area contributed by atoms with Crippen LogP contribution in [-0.2, 0) is 9.53 Å². The van der Waals surface area contributed by atoms with Crippen LogP contribution in [0, 0.1) is 23.2 Å². The van der Waals surface area contributed by atoms with Crippen molar-refractivity contribution in [3.63, 3.8) is 0 Å². The highest BCUT2D eigenvalue weighted by atomic mass is 16.5. The normalized spacial score (nSPS) is 35.6. The zero-order valence-corrected chi connectivity index (χ0v) is 12.7. The van der Waals surface area contributed by atoms with Gasteiger partial charge in [0.25, 0.3) is 0 Å². The van der Waals surface area contributed by atoms with E-state index >= 15 is 0 Å². The Morgan fingerprint density at radius 2 is 2.16 bits per heavy atom. The summed E-state index contributed by atoms with van der Waals surface area (Å²) in [6, 6.07) is 0. The van der Waals surface area contributed by atoms with Gasteiger partial charge in [-0.1, -0.05) is 26.7 Å². The molecular weight excluding hydrogens is 238 g/mol. The zero-order valence-electron chi connectivity index (χ0n) is 12.7. The molecule has 2 aliphatic rings. The molecule has 1 aliphatic heterocycles. The molecule has 1 heterocycles. The van der Waals surface area contributed by atoms with Crippen molar-refractivity contribution in [2.75, 3.05) is 19.7 Å². The molecule has 0 aromatic rings. The number of esters is 1. The van der Waals surface area contributed by atoms with E-state index in [1.54, 1.807) is 0 Å². The minimum Gasteiger partial charge on any atom is -0.466 e. The number of carbonyl (C=O) groups excluding carboxylic acids is 1. The summed E-state index contributed by atoms with van der Waals surface area (Å²) in [5.41, 5.74) is 0.176. The standard InChI is InChI=1S/C16H29NO2/c1-4-19-15(18)14-10-17-11-16(14)8-5-6-13(7-9-16)12(2)3/h12-14,17H,4-11H2,1-3H3. The van der Waals surface area contributed by atoms with Gasteiger partial charge >= 0.3 is 5.97 Å². The van der Waals surface area contributed by atoms with Crippen LogP contribution in [0.4, 0.5) is 0 Å². The van der Waals surface area contributed by atoms with E-state index in [-0.39, 0.29) is 17.3 Å². The minimum absolute atomic E-state index is 0.0236. The van der Waals surface area contributed by atoms with E-state index in [0.717, 1.165) is 24.9 Å². The van der Waals surface area contributed by atoms with Crippen molar-refractivity contribution in [2.45, 2.75) is 52.9 Å². The second-order valence-electron chi connectivity index (χ2n) is 6.73. The van der Waals surface area contributed by atoms with Crippen molar-refractivity contribution >= 4 is 5.97 Å². The molecule has 1 spiro atoms. The lowest BCUT2D eigenvalue weighted by atomic mass is 9.72. The highest BCUT2D eigenvalue weighted by Gasteiger charge is 2.48. The summed E-state index contributed by atoms with van der Waals surface area (Å²) in [6.07, 6.45) is 6.24. The van der Waals surface area contributed by atoms with Gasteiger partial charge in [0, 0.05) is 13.1 Å². The Labute approximate surface area is 117 Å². The molecule has 0 aromatic carbocycles. The van der Waals surface area contributed by atoms with Crippen LogP contribution >= 0.6 is 0 Å². The van der Waals surface area contributed by atoms with E-state index in [2.05, 4.69) is 19.2 Å². The fourth-order valence-electron chi connectivity index (χ4n) is 4.03. The first kappa shape index (κ1) is 14.8. The maximum Gasteiger partial charge on any atom is 0.310 e. The quantitative estimate of drug-likeness (QED) is 0.799. The highest BCUT2D eigenvalue weighted by molar-refractivity contribution is 5.74. The minimum atomic E-state index is 0.0236. The fourth-order valence-corrected chi connectivity index (χ4v) is 4.03. The Morgan fingerprint density at radius 1 is 1.37 bits per heavy atom. The topological polar surface area (TPSA) is 38.3 Å². The maximum atomic E-state index is 12.2. The predicted octanol–water partition coefficient (Wildman–Crippen LogP) is 2.99. The molecule has 1 saturated carbocycles. The third-order valence-electron chi connectivity index (χ3n) is 5.34. The van der Waals surface area contributed by atoms with Crippen molar-refractivity contribution in [2.24, 2.45) is 23.2 Å². The molecule has 110 valence electrons. The number of ether oxygens (including phenoxy) is 1. The first-order valence-electron chi connectivity index (χ1n) is 7.96. The number of hydrogen-bond donors (Lipinski definition) is 1. The van der Waals surface area contributed by atoms with E-state index in [9.17, 15) is 4.79 Å². The second-order valence-corrected chi connectivity index (χ2v) is 6.73. The number of hydrogen-bond acceptors (Lipinski definition) is 3. The van der Waals surface area contributed by atoms with Gasteiger partial charge in [0.15, 0.2) is 0 Å². The lowest BCUT2D eigenvalue weighted by Crippen LogP contribution is -2.36. The Morgan fingerprint density at radius 3 is 2.84 bits per heavy atom. The summed E-state index contributed by atoms with van der Waals surface area (Å²) >= 11 is 0. The van der Waals surface area contributed by atoms with Crippen LogP contribution in [0.5, 0.6) is 0 Å². The monoisotopic (exact) mass is 267 g/mol. The smallest absolute Gasteiger partial charge is 0.310 e. The van der Waals surface area contributed by atoms with Crippen LogP contribution in [0.15, 0.2) is 0 Å². The molecule has 0 aromatic heterocycles. The van der Waals surface area contributed by atoms with E-state index in [1.165, 1.54) is 32.1 Å². The van der Waals surface area contributed by atoms with Crippen LogP contribution in [0.2, 0.25) is 0 Å². The van der Waals surface area contributed by atoms with Crippen LogP contribution in [-0.4, -0.2) is 25.7 Å². The lowest BCUT2D eigenvalue weighted by Gasteiger charge is -2.32. The molecule has 2 fully saturated rings. The first-order valence-corrected chi connectivity index (χ1v) is 7.96. The van der Waals surface area contributed by atoms with Crippen LogP contribution in [0.1, 0.15) is 52.9 Å². The SMILES string of the molecule is CCOC(=O)C1CNCC12CCCC(C(C)C)CC2. The molecule has 0 bridgehead atoms. The molecule has 1 aliphatic carbocycles. The molecule has 1 N–H and O–H groups in total. The summed E-state index contributed by atoms with van der Waals surface area (Å²) in [6.45, 7) is 8.87. The van der Waals surface area contributed by atoms with E-state index < -0.39 is 0 Å². The Balaban J connectivity index is 2.06. The molecule has 3 atom stereocenters. The Bertz CT molecular complexity index is 316. The van der Waals surface area contributed by atoms with Gasteiger partial charge in [0.2, 0.25) is 0 Å². The van der Waals surface area contributed by atoms with Crippen molar-refractivity contribution in [1.82, 2.24) is 5.32 Å². The zero-order chi connectivity index (χ0) is 13.9. The van der Waals surface area contributed by atoms with E-state index in [0.29, 0.717) is 6.61 Å². The molecule has 3 unspecified atom stereocenters. The average Bonchev–Trinajstić information content (AvgIpc) is 2.64. The third kappa shape index (κ3) is 3.13. The maximum absolute atomic E-state index is 12.2. The molecule has 1 saturated heterocycles. The summed E-state index contributed by atoms with van der Waals surface area (Å²) < 4.78 is 5.29. The first-order chi connectivity index (χ1) is 9.09. The van der Waals surface area contributed by atoms with Gasteiger partial charge in [-0.25, -0.2) is 0 Å². The van der Waals surface area contributed by atoms with Crippen molar-refractivity contribution in [3.05, 3.63) is 0 Å².